The van der Waals surface area contributed by atoms with Crippen molar-refractivity contribution in [3.8, 4) is 0 Å². The molecule has 1 N–H and O–H groups in total. The first-order chi connectivity index (χ1) is 9.83. The van der Waals surface area contributed by atoms with E-state index < -0.39 is 29.9 Å². The molecule has 2 aliphatic rings. The van der Waals surface area contributed by atoms with E-state index in [-0.39, 0.29) is 11.6 Å². The number of nitrogens with zero attached hydrogens (tertiary/aromatic N) is 1. The number of rotatable bonds is 2. The highest BCUT2D eigenvalue weighted by atomic mass is 35.5. The Labute approximate surface area is 125 Å². The summed E-state index contributed by atoms with van der Waals surface area (Å²) < 4.78 is 41.2. The lowest BCUT2D eigenvalue weighted by Gasteiger charge is -2.35. The summed E-state index contributed by atoms with van der Waals surface area (Å²) in [6.45, 7) is -0.429. The Morgan fingerprint density at radius 1 is 1.33 bits per heavy atom. The molecule has 1 fully saturated rings. The van der Waals surface area contributed by atoms with Crippen LogP contribution in [-0.4, -0.2) is 34.1 Å². The Balaban J connectivity index is 1.92. The van der Waals surface area contributed by atoms with Gasteiger partial charge in [0.05, 0.1) is 12.1 Å². The highest BCUT2D eigenvalue weighted by molar-refractivity contribution is 6.30. The quantitative estimate of drug-likeness (QED) is 0.845. The molecule has 3 rings (SSSR count). The smallest absolute Gasteiger partial charge is 0.287 e. The fourth-order valence-corrected chi connectivity index (χ4v) is 3.57. The first-order valence-corrected chi connectivity index (χ1v) is 7.15. The van der Waals surface area contributed by atoms with E-state index in [1.54, 1.807) is 18.2 Å². The Bertz CT molecular complexity index is 572. The first-order valence-electron chi connectivity index (χ1n) is 6.77. The van der Waals surface area contributed by atoms with Gasteiger partial charge in [0.25, 0.3) is 5.92 Å². The number of aliphatic hydroxyl groups is 1. The van der Waals surface area contributed by atoms with Crippen molar-refractivity contribution in [1.29, 1.82) is 0 Å². The van der Waals surface area contributed by atoms with Crippen molar-refractivity contribution in [2.45, 2.75) is 37.0 Å². The van der Waals surface area contributed by atoms with Crippen molar-refractivity contribution < 1.29 is 18.3 Å². The molecule has 2 nitrogen and oxygen atoms in total. The number of aliphatic hydroxyl groups excluding tert-OH is 1. The summed E-state index contributed by atoms with van der Waals surface area (Å²) >= 11 is 5.80. The van der Waals surface area contributed by atoms with Crippen LogP contribution in [0.3, 0.4) is 0 Å². The van der Waals surface area contributed by atoms with Gasteiger partial charge < -0.3 is 5.11 Å². The van der Waals surface area contributed by atoms with E-state index in [9.17, 15) is 18.3 Å². The number of allylic oxidation sites excluding steroid dienone is 1. The molecule has 1 aromatic rings. The second kappa shape index (κ2) is 5.00. The zero-order valence-electron chi connectivity index (χ0n) is 11.2. The Morgan fingerprint density at radius 3 is 2.71 bits per heavy atom. The molecule has 1 aromatic carbocycles. The van der Waals surface area contributed by atoms with Crippen LogP contribution in [0.2, 0.25) is 5.02 Å². The average Bonchev–Trinajstić information content (AvgIpc) is 2.91. The summed E-state index contributed by atoms with van der Waals surface area (Å²) in [5.74, 6) is -3.67. The van der Waals surface area contributed by atoms with Crippen LogP contribution in [-0.2, 0) is 6.54 Å². The van der Waals surface area contributed by atoms with E-state index in [1.807, 2.05) is 0 Å². The summed E-state index contributed by atoms with van der Waals surface area (Å²) in [6, 6.07) is 4.00. The van der Waals surface area contributed by atoms with Gasteiger partial charge in [-0.15, -0.1) is 0 Å². The Hall–Kier alpha value is -1.04. The molecule has 0 saturated carbocycles. The van der Waals surface area contributed by atoms with Crippen LogP contribution < -0.4 is 0 Å². The predicted molar refractivity (Wildman–Crippen MR) is 73.9 cm³/mol. The second-order valence-corrected chi connectivity index (χ2v) is 6.17. The van der Waals surface area contributed by atoms with E-state index in [1.165, 1.54) is 17.0 Å². The number of hydrogen-bond donors (Lipinski definition) is 1. The van der Waals surface area contributed by atoms with Gasteiger partial charge in [0.1, 0.15) is 11.9 Å². The van der Waals surface area contributed by atoms with E-state index in [2.05, 4.69) is 0 Å². The maximum atomic E-state index is 13.9. The lowest BCUT2D eigenvalue weighted by Crippen LogP contribution is -2.48. The minimum absolute atomic E-state index is 0.120. The predicted octanol–water partition coefficient (Wildman–Crippen LogP) is 3.38. The van der Waals surface area contributed by atoms with Gasteiger partial charge in [-0.1, -0.05) is 23.8 Å². The molecule has 1 saturated heterocycles. The zero-order valence-corrected chi connectivity index (χ0v) is 12.0. The van der Waals surface area contributed by atoms with Crippen LogP contribution in [0.15, 0.2) is 30.4 Å². The molecule has 1 aliphatic heterocycles. The molecule has 1 heterocycles. The first kappa shape index (κ1) is 14.9. The van der Waals surface area contributed by atoms with Gasteiger partial charge in [0, 0.05) is 11.6 Å². The lowest BCUT2D eigenvalue weighted by molar-refractivity contribution is -0.0897. The molecule has 21 heavy (non-hydrogen) atoms. The molecule has 1 spiro atoms. The minimum atomic E-state index is -3.17. The molecule has 2 unspecified atom stereocenters. The third kappa shape index (κ3) is 2.47. The van der Waals surface area contributed by atoms with E-state index in [0.717, 1.165) is 0 Å². The fourth-order valence-electron chi connectivity index (χ4n) is 3.33. The highest BCUT2D eigenvalue weighted by Gasteiger charge is 2.61. The van der Waals surface area contributed by atoms with Crippen LogP contribution in [0.1, 0.15) is 18.4 Å². The summed E-state index contributed by atoms with van der Waals surface area (Å²) in [5.41, 5.74) is -0.549. The monoisotopic (exact) mass is 317 g/mol. The van der Waals surface area contributed by atoms with E-state index in [0.29, 0.717) is 18.4 Å². The Kier molecular flexibility index (Phi) is 3.55. The van der Waals surface area contributed by atoms with Crippen molar-refractivity contribution in [2.24, 2.45) is 0 Å². The standard InChI is InChI=1S/C15H15ClF3NO/c16-11-5-10(6-12(17)7-11)8-20-9-15(18,19)13(21)14(20)3-1-2-4-14/h1,3,5-7,13,21H,2,4,8-9H2. The largest absolute Gasteiger partial charge is 0.384 e. The van der Waals surface area contributed by atoms with E-state index >= 15 is 0 Å². The van der Waals surface area contributed by atoms with Crippen LogP contribution in [0.5, 0.6) is 0 Å². The molecular formula is C15H15ClF3NO. The third-order valence-corrected chi connectivity index (χ3v) is 4.50. The number of likely N-dealkylation sites (tertiary alicyclic amines) is 1. The molecule has 0 bridgehead atoms. The maximum absolute atomic E-state index is 13.9. The van der Waals surface area contributed by atoms with Crippen molar-refractivity contribution >= 4 is 11.6 Å². The number of alkyl halides is 2. The topological polar surface area (TPSA) is 23.5 Å². The average molecular weight is 318 g/mol. The Morgan fingerprint density at radius 2 is 2.10 bits per heavy atom. The van der Waals surface area contributed by atoms with Crippen molar-refractivity contribution in [1.82, 2.24) is 4.90 Å². The molecule has 0 aromatic heterocycles. The second-order valence-electron chi connectivity index (χ2n) is 5.73. The summed E-state index contributed by atoms with van der Waals surface area (Å²) in [5, 5.41) is 10.3. The van der Waals surface area contributed by atoms with Crippen LogP contribution >= 0.6 is 11.6 Å². The summed E-state index contributed by atoms with van der Waals surface area (Å²) in [7, 11) is 0. The van der Waals surface area contributed by atoms with Crippen LogP contribution in [0, 0.1) is 5.82 Å². The van der Waals surface area contributed by atoms with Gasteiger partial charge in [0.2, 0.25) is 0 Å². The molecule has 1 aliphatic carbocycles. The van der Waals surface area contributed by atoms with Gasteiger partial charge in [-0.3, -0.25) is 4.90 Å². The van der Waals surface area contributed by atoms with Gasteiger partial charge in [-0.25, -0.2) is 13.2 Å². The van der Waals surface area contributed by atoms with Crippen molar-refractivity contribution in [2.75, 3.05) is 6.54 Å². The van der Waals surface area contributed by atoms with Crippen molar-refractivity contribution in [3.63, 3.8) is 0 Å². The summed E-state index contributed by atoms with van der Waals surface area (Å²) in [4.78, 5) is 1.52. The number of halogens is 4. The minimum Gasteiger partial charge on any atom is -0.384 e. The fraction of sp³-hybridized carbons (Fsp3) is 0.467. The molecule has 6 heteroatoms. The molecule has 0 radical (unpaired) electrons. The van der Waals surface area contributed by atoms with E-state index in [4.69, 9.17) is 11.6 Å². The lowest BCUT2D eigenvalue weighted by atomic mass is 9.91. The molecule has 114 valence electrons. The van der Waals surface area contributed by atoms with Gasteiger partial charge in [0.15, 0.2) is 0 Å². The van der Waals surface area contributed by atoms with Crippen LogP contribution in [0.4, 0.5) is 13.2 Å². The molecular weight excluding hydrogens is 303 g/mol. The summed E-state index contributed by atoms with van der Waals surface area (Å²) in [6.07, 6.45) is 2.79. The maximum Gasteiger partial charge on any atom is 0.287 e. The van der Waals surface area contributed by atoms with Gasteiger partial charge in [-0.2, -0.15) is 0 Å². The number of hydrogen-bond acceptors (Lipinski definition) is 2. The molecule has 2 atom stereocenters. The zero-order chi connectivity index (χ0) is 15.3. The van der Waals surface area contributed by atoms with Gasteiger partial charge >= 0.3 is 0 Å². The van der Waals surface area contributed by atoms with Crippen LogP contribution in [0.25, 0.3) is 0 Å². The highest BCUT2D eigenvalue weighted by Crippen LogP contribution is 2.46. The number of benzene rings is 1. The molecule has 0 amide bonds. The SMILES string of the molecule is OC1C(F)(F)CN(Cc2cc(F)cc(Cl)c2)C12C=CCC2. The van der Waals surface area contributed by atoms with Gasteiger partial charge in [-0.05, 0) is 36.6 Å². The normalized spacial score (nSPS) is 31.4. The third-order valence-electron chi connectivity index (χ3n) is 4.28. The van der Waals surface area contributed by atoms with Crippen molar-refractivity contribution in [3.05, 3.63) is 46.8 Å².